The first kappa shape index (κ1) is 17.6. The molecule has 21 heavy (non-hydrogen) atoms. The number of carbonyl (C=O) groups excluding carboxylic acids is 1. The molecule has 1 aromatic carbocycles. The van der Waals surface area contributed by atoms with E-state index in [9.17, 15) is 13.2 Å². The Morgan fingerprint density at radius 3 is 2.24 bits per heavy atom. The lowest BCUT2D eigenvalue weighted by atomic mass is 10.0. The first-order valence-corrected chi connectivity index (χ1v) is 8.15. The molecule has 1 rings (SSSR count). The molecule has 0 aromatic heterocycles. The van der Waals surface area contributed by atoms with Gasteiger partial charge in [-0.2, -0.15) is 0 Å². The SMILES string of the molecule is CNC(C)c1ccc(S(=O)(=O)NC(C)(C)CC(N)=O)cc1. The zero-order chi connectivity index (χ0) is 16.3. The number of hydrogen-bond acceptors (Lipinski definition) is 4. The minimum absolute atomic E-state index is 0.0684. The minimum Gasteiger partial charge on any atom is -0.370 e. The Labute approximate surface area is 126 Å². The van der Waals surface area contributed by atoms with E-state index in [1.165, 1.54) is 0 Å². The van der Waals surface area contributed by atoms with Crippen molar-refractivity contribution in [2.45, 2.75) is 43.7 Å². The zero-order valence-corrected chi connectivity index (χ0v) is 13.6. The first-order valence-electron chi connectivity index (χ1n) is 6.67. The molecule has 0 aliphatic carbocycles. The van der Waals surface area contributed by atoms with E-state index in [-0.39, 0.29) is 17.4 Å². The maximum absolute atomic E-state index is 12.3. The number of benzene rings is 1. The van der Waals surface area contributed by atoms with E-state index in [1.54, 1.807) is 38.1 Å². The molecule has 0 spiro atoms. The Bertz CT molecular complexity index is 594. The monoisotopic (exact) mass is 313 g/mol. The summed E-state index contributed by atoms with van der Waals surface area (Å²) in [6.07, 6.45) is -0.0684. The maximum atomic E-state index is 12.3. The predicted molar refractivity (Wildman–Crippen MR) is 82.1 cm³/mol. The minimum atomic E-state index is -3.69. The van der Waals surface area contributed by atoms with Crippen molar-refractivity contribution in [1.29, 1.82) is 0 Å². The molecule has 7 heteroatoms. The second kappa shape index (κ2) is 6.55. The Hall–Kier alpha value is -1.44. The number of nitrogens with one attached hydrogen (secondary N) is 2. The summed E-state index contributed by atoms with van der Waals surface area (Å²) in [5.74, 6) is -0.555. The van der Waals surface area contributed by atoms with Crippen LogP contribution in [0.2, 0.25) is 0 Å². The summed E-state index contributed by atoms with van der Waals surface area (Å²) in [5.41, 5.74) is 5.19. The number of hydrogen-bond donors (Lipinski definition) is 3. The number of nitrogens with two attached hydrogens (primary N) is 1. The molecule has 0 aliphatic rings. The summed E-state index contributed by atoms with van der Waals surface area (Å²) in [6, 6.07) is 6.76. The molecule has 1 atom stereocenters. The van der Waals surface area contributed by atoms with Gasteiger partial charge >= 0.3 is 0 Å². The molecular weight excluding hydrogens is 290 g/mol. The molecule has 0 heterocycles. The zero-order valence-electron chi connectivity index (χ0n) is 12.8. The summed E-state index contributed by atoms with van der Waals surface area (Å²) in [4.78, 5) is 11.1. The van der Waals surface area contributed by atoms with Gasteiger partial charge in [0.15, 0.2) is 0 Å². The van der Waals surface area contributed by atoms with E-state index in [0.717, 1.165) is 5.56 Å². The highest BCUT2D eigenvalue weighted by molar-refractivity contribution is 7.89. The number of primary amides is 1. The molecule has 4 N–H and O–H groups in total. The molecule has 1 unspecified atom stereocenters. The fraction of sp³-hybridized carbons (Fsp3) is 0.500. The predicted octanol–water partition coefficient (Wildman–Crippen LogP) is 0.899. The van der Waals surface area contributed by atoms with Crippen LogP contribution in [0.5, 0.6) is 0 Å². The lowest BCUT2D eigenvalue weighted by Crippen LogP contribution is -2.45. The molecular formula is C14H23N3O3S. The first-order chi connectivity index (χ1) is 9.57. The van der Waals surface area contributed by atoms with Gasteiger partial charge in [-0.15, -0.1) is 0 Å². The highest BCUT2D eigenvalue weighted by Crippen LogP contribution is 2.18. The topological polar surface area (TPSA) is 101 Å². The van der Waals surface area contributed by atoms with Gasteiger partial charge in [0.1, 0.15) is 0 Å². The van der Waals surface area contributed by atoms with Crippen LogP contribution in [0.1, 0.15) is 38.8 Å². The van der Waals surface area contributed by atoms with Crippen molar-refractivity contribution in [3.05, 3.63) is 29.8 Å². The van der Waals surface area contributed by atoms with E-state index in [1.807, 2.05) is 14.0 Å². The van der Waals surface area contributed by atoms with Gasteiger partial charge in [-0.25, -0.2) is 13.1 Å². The lowest BCUT2D eigenvalue weighted by molar-refractivity contribution is -0.119. The third-order valence-electron chi connectivity index (χ3n) is 3.15. The van der Waals surface area contributed by atoms with Crippen molar-refractivity contribution < 1.29 is 13.2 Å². The molecule has 0 saturated carbocycles. The van der Waals surface area contributed by atoms with Crippen molar-refractivity contribution >= 4 is 15.9 Å². The largest absolute Gasteiger partial charge is 0.370 e. The fourth-order valence-corrected chi connectivity index (χ4v) is 3.41. The van der Waals surface area contributed by atoms with E-state index in [4.69, 9.17) is 5.73 Å². The average molecular weight is 313 g/mol. The fourth-order valence-electron chi connectivity index (χ4n) is 2.00. The van der Waals surface area contributed by atoms with Gasteiger partial charge in [0, 0.05) is 18.0 Å². The van der Waals surface area contributed by atoms with Crippen LogP contribution in [-0.4, -0.2) is 26.9 Å². The van der Waals surface area contributed by atoms with Crippen molar-refractivity contribution in [2.24, 2.45) is 5.73 Å². The highest BCUT2D eigenvalue weighted by Gasteiger charge is 2.27. The molecule has 6 nitrogen and oxygen atoms in total. The second-order valence-corrected chi connectivity index (χ2v) is 7.39. The summed E-state index contributed by atoms with van der Waals surface area (Å²) in [6.45, 7) is 5.22. The third kappa shape index (κ3) is 5.11. The highest BCUT2D eigenvalue weighted by atomic mass is 32.2. The van der Waals surface area contributed by atoms with E-state index in [0.29, 0.717) is 0 Å². The van der Waals surface area contributed by atoms with Crippen LogP contribution in [0.15, 0.2) is 29.2 Å². The number of carbonyl (C=O) groups is 1. The molecule has 1 aromatic rings. The van der Waals surface area contributed by atoms with Crippen LogP contribution in [0.4, 0.5) is 0 Å². The maximum Gasteiger partial charge on any atom is 0.241 e. The van der Waals surface area contributed by atoms with Crippen LogP contribution >= 0.6 is 0 Å². The summed E-state index contributed by atoms with van der Waals surface area (Å²) in [7, 11) is -1.85. The molecule has 0 saturated heterocycles. The van der Waals surface area contributed by atoms with Gasteiger partial charge in [-0.3, -0.25) is 4.79 Å². The second-order valence-electron chi connectivity index (χ2n) is 5.71. The van der Waals surface area contributed by atoms with Crippen LogP contribution < -0.4 is 15.8 Å². The Morgan fingerprint density at radius 2 is 1.81 bits per heavy atom. The van der Waals surface area contributed by atoms with Gasteiger partial charge < -0.3 is 11.1 Å². The van der Waals surface area contributed by atoms with Crippen LogP contribution in [0.3, 0.4) is 0 Å². The molecule has 0 fully saturated rings. The lowest BCUT2D eigenvalue weighted by Gasteiger charge is -2.24. The molecule has 0 radical (unpaired) electrons. The van der Waals surface area contributed by atoms with Gasteiger partial charge in [0.05, 0.1) is 4.90 Å². The van der Waals surface area contributed by atoms with Gasteiger partial charge in [-0.05, 0) is 45.5 Å². The third-order valence-corrected chi connectivity index (χ3v) is 4.86. The van der Waals surface area contributed by atoms with E-state index in [2.05, 4.69) is 10.0 Å². The molecule has 0 aliphatic heterocycles. The van der Waals surface area contributed by atoms with Crippen molar-refractivity contribution in [2.75, 3.05) is 7.05 Å². The average Bonchev–Trinajstić information content (AvgIpc) is 2.35. The van der Waals surface area contributed by atoms with Crippen molar-refractivity contribution in [3.63, 3.8) is 0 Å². The summed E-state index contributed by atoms with van der Waals surface area (Å²) in [5, 5.41) is 3.08. The van der Waals surface area contributed by atoms with Crippen molar-refractivity contribution in [3.8, 4) is 0 Å². The quantitative estimate of drug-likeness (QED) is 0.696. The number of rotatable bonds is 7. The Balaban J connectivity index is 2.95. The van der Waals surface area contributed by atoms with E-state index >= 15 is 0 Å². The van der Waals surface area contributed by atoms with Gasteiger partial charge in [0.25, 0.3) is 0 Å². The Morgan fingerprint density at radius 1 is 1.29 bits per heavy atom. The number of sulfonamides is 1. The van der Waals surface area contributed by atoms with Crippen LogP contribution in [-0.2, 0) is 14.8 Å². The molecule has 118 valence electrons. The van der Waals surface area contributed by atoms with E-state index < -0.39 is 21.5 Å². The Kier molecular flexibility index (Phi) is 5.49. The summed E-state index contributed by atoms with van der Waals surface area (Å²) >= 11 is 0. The van der Waals surface area contributed by atoms with Crippen molar-refractivity contribution in [1.82, 2.24) is 10.0 Å². The van der Waals surface area contributed by atoms with Gasteiger partial charge in [-0.1, -0.05) is 12.1 Å². The number of amides is 1. The normalized spacial score (nSPS) is 13.9. The molecule has 0 bridgehead atoms. The van der Waals surface area contributed by atoms with Crippen LogP contribution in [0, 0.1) is 0 Å². The molecule has 1 amide bonds. The smallest absolute Gasteiger partial charge is 0.241 e. The van der Waals surface area contributed by atoms with Gasteiger partial charge in [0.2, 0.25) is 15.9 Å². The standard InChI is InChI=1S/C14H23N3O3S/c1-10(16-4)11-5-7-12(8-6-11)21(19,20)17-14(2,3)9-13(15)18/h5-8,10,16-17H,9H2,1-4H3,(H2,15,18). The van der Waals surface area contributed by atoms with Crippen LogP contribution in [0.25, 0.3) is 0 Å². The summed E-state index contributed by atoms with van der Waals surface area (Å²) < 4.78 is 27.1.